The Kier molecular flexibility index (Phi) is 11.8. The first-order valence-corrected chi connectivity index (χ1v) is 19.1. The van der Waals surface area contributed by atoms with Gasteiger partial charge in [-0.25, -0.2) is 13.2 Å². The summed E-state index contributed by atoms with van der Waals surface area (Å²) in [4.78, 5) is 11.9. The molecule has 1 aromatic heterocycles. The van der Waals surface area contributed by atoms with Gasteiger partial charge in [-0.05, 0) is 60.0 Å². The quantitative estimate of drug-likeness (QED) is 0.0815. The lowest BCUT2D eigenvalue weighted by Gasteiger charge is -2.24. The first-order chi connectivity index (χ1) is 25.2. The number of fused-ring (bicyclic) bond motifs is 3. The van der Waals surface area contributed by atoms with E-state index in [2.05, 4.69) is 28.1 Å². The van der Waals surface area contributed by atoms with Gasteiger partial charge in [-0.1, -0.05) is 72.8 Å². The number of carbonyl (C=O) groups excluding carboxylic acids is 1. The third-order valence-electron chi connectivity index (χ3n) is 8.65. The summed E-state index contributed by atoms with van der Waals surface area (Å²) >= 11 is 0. The van der Waals surface area contributed by atoms with Crippen LogP contribution in [0.4, 0.5) is 5.69 Å². The lowest BCUT2D eigenvalue weighted by Crippen LogP contribution is -2.29. The van der Waals surface area contributed by atoms with Crippen molar-refractivity contribution >= 4 is 43.5 Å². The van der Waals surface area contributed by atoms with E-state index in [1.165, 1.54) is 10.6 Å². The number of sulfonamides is 1. The number of aliphatic hydroxyl groups excluding tert-OH is 1. The number of carbonyl (C=O) groups is 1. The minimum absolute atomic E-state index is 0.162. The second kappa shape index (κ2) is 16.8. The van der Waals surface area contributed by atoms with Crippen LogP contribution in [0.3, 0.4) is 0 Å². The largest absolute Gasteiger partial charge is 0.492 e. The molecule has 0 radical (unpaired) electrons. The Morgan fingerprint density at radius 3 is 2.08 bits per heavy atom. The van der Waals surface area contributed by atoms with Gasteiger partial charge in [-0.3, -0.25) is 4.31 Å². The van der Waals surface area contributed by atoms with Crippen molar-refractivity contribution in [1.82, 2.24) is 9.88 Å². The second-order valence-electron chi connectivity index (χ2n) is 12.4. The number of anilines is 1. The Morgan fingerprint density at radius 1 is 0.808 bits per heavy atom. The molecule has 1 atom stereocenters. The zero-order chi connectivity index (χ0) is 36.5. The molecule has 0 bridgehead atoms. The van der Waals surface area contributed by atoms with Crippen molar-refractivity contribution in [2.45, 2.75) is 26.1 Å². The van der Waals surface area contributed by atoms with Crippen molar-refractivity contribution in [3.05, 3.63) is 138 Å². The predicted molar refractivity (Wildman–Crippen MR) is 204 cm³/mol. The van der Waals surface area contributed by atoms with Crippen LogP contribution in [0.2, 0.25) is 0 Å². The molecular weight excluding hydrogens is 679 g/mol. The molecule has 0 saturated heterocycles. The number of ether oxygens (including phenoxy) is 3. The van der Waals surface area contributed by atoms with Crippen LogP contribution in [0.25, 0.3) is 21.8 Å². The van der Waals surface area contributed by atoms with Gasteiger partial charge >= 0.3 is 5.97 Å². The molecule has 52 heavy (non-hydrogen) atoms. The summed E-state index contributed by atoms with van der Waals surface area (Å²) in [5.74, 6) is 0.870. The highest BCUT2D eigenvalue weighted by Crippen LogP contribution is 2.34. The maximum Gasteiger partial charge on any atom is 0.344 e. The molecule has 10 nitrogen and oxygen atoms in total. The molecule has 0 aliphatic rings. The molecule has 2 N–H and O–H groups in total. The number of esters is 1. The number of aromatic nitrogens is 1. The van der Waals surface area contributed by atoms with Gasteiger partial charge < -0.3 is 29.2 Å². The number of rotatable bonds is 17. The molecule has 11 heteroatoms. The molecule has 0 spiro atoms. The molecule has 270 valence electrons. The molecular formula is C41H43N3O7S. The van der Waals surface area contributed by atoms with E-state index in [0.29, 0.717) is 49.1 Å². The lowest BCUT2D eigenvalue weighted by molar-refractivity contribution is -0.145. The third kappa shape index (κ3) is 9.10. The number of hydrogen-bond acceptors (Lipinski definition) is 8. The van der Waals surface area contributed by atoms with E-state index in [1.54, 1.807) is 31.2 Å². The highest BCUT2D eigenvalue weighted by molar-refractivity contribution is 7.92. The van der Waals surface area contributed by atoms with E-state index in [9.17, 15) is 18.3 Å². The molecule has 0 fully saturated rings. The van der Waals surface area contributed by atoms with Crippen LogP contribution in [0.15, 0.2) is 121 Å². The van der Waals surface area contributed by atoms with Crippen LogP contribution < -0.4 is 19.1 Å². The van der Waals surface area contributed by atoms with Crippen molar-refractivity contribution in [1.29, 1.82) is 0 Å². The lowest BCUT2D eigenvalue weighted by atomic mass is 10.1. The Bertz CT molecular complexity index is 2220. The summed E-state index contributed by atoms with van der Waals surface area (Å²) in [7, 11) is -3.56. The maximum absolute atomic E-state index is 12.7. The Morgan fingerprint density at radius 2 is 1.44 bits per heavy atom. The topological polar surface area (TPSA) is 119 Å². The summed E-state index contributed by atoms with van der Waals surface area (Å²) < 4.78 is 45.9. The summed E-state index contributed by atoms with van der Waals surface area (Å²) in [5.41, 5.74) is 5.07. The summed E-state index contributed by atoms with van der Waals surface area (Å²) in [6, 6.07) is 38.4. The molecule has 1 heterocycles. The van der Waals surface area contributed by atoms with Crippen LogP contribution in [-0.4, -0.2) is 63.2 Å². The minimum Gasteiger partial charge on any atom is -0.492 e. The van der Waals surface area contributed by atoms with Crippen molar-refractivity contribution in [2.24, 2.45) is 0 Å². The van der Waals surface area contributed by atoms with Gasteiger partial charge in [0.05, 0.1) is 42.2 Å². The number of nitrogens with zero attached hydrogens (tertiary/aromatic N) is 2. The van der Waals surface area contributed by atoms with Gasteiger partial charge in [0.2, 0.25) is 10.0 Å². The maximum atomic E-state index is 12.7. The highest BCUT2D eigenvalue weighted by atomic mass is 32.2. The monoisotopic (exact) mass is 721 g/mol. The molecule has 0 amide bonds. The SMILES string of the molecule is CCOC(=O)COc1ccc2c3ccc(OCCNC[C@H](O)c4cccc(N(Cc5ccccc5)S(C)(=O)=O)c4)cc3n(Cc3ccccc3)c2c1. The van der Waals surface area contributed by atoms with Gasteiger partial charge in [-0.15, -0.1) is 0 Å². The van der Waals surface area contributed by atoms with Gasteiger partial charge in [0, 0.05) is 42.5 Å². The summed E-state index contributed by atoms with van der Waals surface area (Å²) in [6.45, 7) is 3.82. The first-order valence-electron chi connectivity index (χ1n) is 17.2. The summed E-state index contributed by atoms with van der Waals surface area (Å²) in [5, 5.41) is 16.3. The van der Waals surface area contributed by atoms with Gasteiger partial charge in [-0.2, -0.15) is 0 Å². The molecule has 0 aliphatic carbocycles. The third-order valence-corrected chi connectivity index (χ3v) is 9.79. The minimum atomic E-state index is -3.56. The fourth-order valence-electron chi connectivity index (χ4n) is 6.15. The second-order valence-corrected chi connectivity index (χ2v) is 14.3. The van der Waals surface area contributed by atoms with E-state index in [4.69, 9.17) is 14.2 Å². The van der Waals surface area contributed by atoms with Crippen molar-refractivity contribution in [3.63, 3.8) is 0 Å². The first kappa shape index (κ1) is 36.4. The average molecular weight is 722 g/mol. The number of benzene rings is 5. The zero-order valence-electron chi connectivity index (χ0n) is 29.3. The number of aliphatic hydroxyl groups is 1. The van der Waals surface area contributed by atoms with E-state index in [-0.39, 0.29) is 19.7 Å². The predicted octanol–water partition coefficient (Wildman–Crippen LogP) is 6.45. The van der Waals surface area contributed by atoms with E-state index >= 15 is 0 Å². The average Bonchev–Trinajstić information content (AvgIpc) is 3.44. The van der Waals surface area contributed by atoms with Gasteiger partial charge in [0.15, 0.2) is 6.61 Å². The molecule has 0 unspecified atom stereocenters. The smallest absolute Gasteiger partial charge is 0.344 e. The van der Waals surface area contributed by atoms with E-state index < -0.39 is 22.1 Å². The number of hydrogen-bond donors (Lipinski definition) is 2. The van der Waals surface area contributed by atoms with Crippen LogP contribution in [0.5, 0.6) is 11.5 Å². The summed E-state index contributed by atoms with van der Waals surface area (Å²) in [6.07, 6.45) is 0.331. The molecule has 6 aromatic rings. The number of nitrogens with one attached hydrogen (secondary N) is 1. The molecule has 0 aliphatic heterocycles. The molecule has 5 aromatic carbocycles. The zero-order valence-corrected chi connectivity index (χ0v) is 30.1. The van der Waals surface area contributed by atoms with Gasteiger partial charge in [0.25, 0.3) is 0 Å². The Labute approximate surface area is 304 Å². The Balaban J connectivity index is 1.11. The van der Waals surface area contributed by atoms with Crippen molar-refractivity contribution < 1.29 is 32.5 Å². The standard InChI is InChI=1S/C41H43N3O7S/c1-3-49-41(46)29-51-35-18-20-37-36-19-17-34(24-38(36)43(39(37)25-35)27-30-11-6-4-7-12-30)50-22-21-42-26-40(45)32-15-10-16-33(23-32)44(52(2,47)48)28-31-13-8-5-9-14-31/h4-20,23-25,40,42,45H,3,21-22,26-29H2,1-2H3/t40-/m0/s1. The van der Waals surface area contributed by atoms with Crippen LogP contribution in [-0.2, 0) is 32.6 Å². The van der Waals surface area contributed by atoms with Crippen LogP contribution in [0, 0.1) is 0 Å². The van der Waals surface area contributed by atoms with E-state index in [1.807, 2.05) is 78.9 Å². The van der Waals surface area contributed by atoms with Crippen molar-refractivity contribution in [3.8, 4) is 11.5 Å². The van der Waals surface area contributed by atoms with Crippen LogP contribution in [0.1, 0.15) is 29.7 Å². The fraction of sp³-hybridized carbons (Fsp3) is 0.244. The normalized spacial score (nSPS) is 12.1. The fourth-order valence-corrected chi connectivity index (χ4v) is 7.03. The van der Waals surface area contributed by atoms with Crippen molar-refractivity contribution in [2.75, 3.05) is 43.5 Å². The van der Waals surface area contributed by atoms with E-state index in [0.717, 1.165) is 32.9 Å². The molecule has 6 rings (SSSR count). The highest BCUT2D eigenvalue weighted by Gasteiger charge is 2.20. The Hall–Kier alpha value is -5.36. The van der Waals surface area contributed by atoms with Gasteiger partial charge in [0.1, 0.15) is 18.1 Å². The van der Waals surface area contributed by atoms with Crippen LogP contribution >= 0.6 is 0 Å². The molecule has 0 saturated carbocycles.